The van der Waals surface area contributed by atoms with Crippen LogP contribution in [0.1, 0.15) is 18.2 Å². The second-order valence-corrected chi connectivity index (χ2v) is 14.8. The van der Waals surface area contributed by atoms with Gasteiger partial charge in [-0.25, -0.2) is 0 Å². The van der Waals surface area contributed by atoms with Gasteiger partial charge in [0.05, 0.1) is 22.2 Å². The molecule has 0 radical (unpaired) electrons. The summed E-state index contributed by atoms with van der Waals surface area (Å²) in [5.41, 5.74) is 12.2. The Bertz CT molecular complexity index is 3140. The average molecular weight is 711 g/mol. The van der Waals surface area contributed by atoms with Crippen molar-refractivity contribution in [1.82, 2.24) is 9.13 Å². The van der Waals surface area contributed by atoms with Crippen LogP contribution >= 0.6 is 11.3 Å². The number of aromatic nitrogens is 2. The molecule has 0 aliphatic rings. The quantitative estimate of drug-likeness (QED) is 0.158. The standard InChI is InChI=1S/C50H34N2OS/c1-3-11-44-38(4-2)39-12-5-8-15-45(39)51(44)36-24-18-32(19-25-36)34-22-28-48-42(30-34)50(53)43-31-35(23-29-49(43)54-48)33-20-26-37(27-21-33)52-46-16-9-6-13-40(46)41-14-7-10-17-47(41)52/h3-31H,2H2,1H3/b11-3-. The van der Waals surface area contributed by atoms with E-state index in [0.717, 1.165) is 70.6 Å². The van der Waals surface area contributed by atoms with Crippen molar-refractivity contribution in [2.24, 2.45) is 0 Å². The van der Waals surface area contributed by atoms with E-state index in [2.05, 4.69) is 186 Å². The molecule has 10 aromatic rings. The number of hydrogen-bond acceptors (Lipinski definition) is 2. The SMILES string of the molecule is C=Cc1c(/C=C\C)n(-c2ccc(-c3ccc4sc5ccc(-c6ccc(-n7c8ccccc8c8ccccc87)cc6)cc5c(=O)c4c3)cc2)c2ccccc12. The van der Waals surface area contributed by atoms with Crippen molar-refractivity contribution < 1.29 is 0 Å². The van der Waals surface area contributed by atoms with Crippen LogP contribution < -0.4 is 5.43 Å². The molecule has 3 heterocycles. The average Bonchev–Trinajstić information content (AvgIpc) is 3.73. The van der Waals surface area contributed by atoms with Crippen LogP contribution in [0.25, 0.3) is 98.7 Å². The second-order valence-electron chi connectivity index (χ2n) is 13.7. The normalized spacial score (nSPS) is 11.9. The Morgan fingerprint density at radius 3 is 1.44 bits per heavy atom. The maximum atomic E-state index is 14.2. The van der Waals surface area contributed by atoms with E-state index >= 15 is 0 Å². The molecule has 54 heavy (non-hydrogen) atoms. The Labute approximate surface area is 316 Å². The van der Waals surface area contributed by atoms with Crippen LogP contribution in [0, 0.1) is 0 Å². The lowest BCUT2D eigenvalue weighted by atomic mass is 10.0. The van der Waals surface area contributed by atoms with E-state index in [1.54, 1.807) is 11.3 Å². The van der Waals surface area contributed by atoms with Gasteiger partial charge in [-0.1, -0.05) is 110 Å². The van der Waals surface area contributed by atoms with Gasteiger partial charge in [-0.05, 0) is 102 Å². The minimum absolute atomic E-state index is 0.0627. The van der Waals surface area contributed by atoms with Crippen LogP contribution in [0.4, 0.5) is 0 Å². The zero-order valence-electron chi connectivity index (χ0n) is 29.7. The Balaban J connectivity index is 1.01. The Hall–Kier alpha value is -6.75. The predicted molar refractivity (Wildman–Crippen MR) is 232 cm³/mol. The van der Waals surface area contributed by atoms with E-state index in [9.17, 15) is 4.79 Å². The first kappa shape index (κ1) is 31.9. The first-order valence-electron chi connectivity index (χ1n) is 18.2. The molecular weight excluding hydrogens is 677 g/mol. The maximum Gasteiger partial charge on any atom is 0.195 e. The molecule has 0 unspecified atom stereocenters. The summed E-state index contributed by atoms with van der Waals surface area (Å²) in [5.74, 6) is 0. The molecule has 3 aromatic heterocycles. The molecule has 0 spiro atoms. The molecule has 0 fully saturated rings. The van der Waals surface area contributed by atoms with Gasteiger partial charge < -0.3 is 9.13 Å². The smallest absolute Gasteiger partial charge is 0.195 e. The molecule has 0 saturated carbocycles. The molecule has 3 nitrogen and oxygen atoms in total. The number of rotatable bonds is 6. The summed E-state index contributed by atoms with van der Waals surface area (Å²) >= 11 is 1.67. The summed E-state index contributed by atoms with van der Waals surface area (Å²) in [6, 6.07) is 55.4. The van der Waals surface area contributed by atoms with Gasteiger partial charge in [0.2, 0.25) is 0 Å². The highest BCUT2D eigenvalue weighted by atomic mass is 32.1. The fourth-order valence-electron chi connectivity index (χ4n) is 8.12. The highest BCUT2D eigenvalue weighted by molar-refractivity contribution is 7.24. The molecular formula is C50H34N2OS. The third-order valence-corrected chi connectivity index (χ3v) is 11.8. The van der Waals surface area contributed by atoms with Crippen molar-refractivity contribution in [3.05, 3.63) is 192 Å². The van der Waals surface area contributed by atoms with Crippen molar-refractivity contribution in [3.63, 3.8) is 0 Å². The molecule has 0 aliphatic carbocycles. The second kappa shape index (κ2) is 12.7. The van der Waals surface area contributed by atoms with Gasteiger partial charge in [0.25, 0.3) is 0 Å². The van der Waals surface area contributed by atoms with Gasteiger partial charge in [0.1, 0.15) is 0 Å². The summed E-state index contributed by atoms with van der Waals surface area (Å²) in [4.78, 5) is 14.2. The van der Waals surface area contributed by atoms with E-state index in [4.69, 9.17) is 0 Å². The Morgan fingerprint density at radius 1 is 0.500 bits per heavy atom. The fraction of sp³-hybridized carbons (Fsp3) is 0.0200. The van der Waals surface area contributed by atoms with Crippen molar-refractivity contribution in [1.29, 1.82) is 0 Å². The molecule has 0 aliphatic heterocycles. The summed E-state index contributed by atoms with van der Waals surface area (Å²) < 4.78 is 6.59. The van der Waals surface area contributed by atoms with Gasteiger partial charge >= 0.3 is 0 Å². The van der Waals surface area contributed by atoms with Crippen LogP contribution in [0.3, 0.4) is 0 Å². The van der Waals surface area contributed by atoms with Crippen LogP contribution in [-0.4, -0.2) is 9.13 Å². The maximum absolute atomic E-state index is 14.2. The number of allylic oxidation sites excluding steroid dienone is 1. The van der Waals surface area contributed by atoms with Crippen LogP contribution in [-0.2, 0) is 0 Å². The molecule has 0 bridgehead atoms. The third-order valence-electron chi connectivity index (χ3n) is 10.6. The summed E-state index contributed by atoms with van der Waals surface area (Å²) in [6.45, 7) is 6.15. The lowest BCUT2D eigenvalue weighted by Crippen LogP contribution is -2.01. The monoisotopic (exact) mass is 710 g/mol. The number of benzene rings is 7. The largest absolute Gasteiger partial charge is 0.309 e. The molecule has 4 heteroatoms. The molecule has 7 aromatic carbocycles. The van der Waals surface area contributed by atoms with Crippen molar-refractivity contribution in [2.45, 2.75) is 6.92 Å². The van der Waals surface area contributed by atoms with Gasteiger partial charge in [-0.2, -0.15) is 0 Å². The highest BCUT2D eigenvalue weighted by Gasteiger charge is 2.16. The summed E-state index contributed by atoms with van der Waals surface area (Å²) in [5, 5.41) is 5.16. The van der Waals surface area contributed by atoms with E-state index in [1.165, 1.54) is 27.2 Å². The van der Waals surface area contributed by atoms with Crippen LogP contribution in [0.15, 0.2) is 175 Å². The lowest BCUT2D eigenvalue weighted by Gasteiger charge is -2.11. The molecule has 10 rings (SSSR count). The Kier molecular flexibility index (Phi) is 7.53. The number of para-hydroxylation sites is 3. The first-order chi connectivity index (χ1) is 26.6. The fourth-order valence-corrected chi connectivity index (χ4v) is 9.15. The molecule has 0 amide bonds. The van der Waals surface area contributed by atoms with Crippen LogP contribution in [0.2, 0.25) is 0 Å². The summed E-state index contributed by atoms with van der Waals surface area (Å²) in [6.07, 6.45) is 6.15. The van der Waals surface area contributed by atoms with Gasteiger partial charge in [-0.15, -0.1) is 11.3 Å². The van der Waals surface area contributed by atoms with E-state index in [-0.39, 0.29) is 5.43 Å². The van der Waals surface area contributed by atoms with E-state index in [1.807, 2.05) is 13.0 Å². The number of nitrogens with zero attached hydrogens (tertiary/aromatic N) is 2. The zero-order valence-corrected chi connectivity index (χ0v) is 30.5. The predicted octanol–water partition coefficient (Wildman–Crippen LogP) is 13.5. The lowest BCUT2D eigenvalue weighted by molar-refractivity contribution is 1.10. The van der Waals surface area contributed by atoms with Crippen molar-refractivity contribution in [2.75, 3.05) is 0 Å². The zero-order chi connectivity index (χ0) is 36.3. The molecule has 0 atom stereocenters. The minimum Gasteiger partial charge on any atom is -0.309 e. The molecule has 256 valence electrons. The first-order valence-corrected chi connectivity index (χ1v) is 19.0. The number of fused-ring (bicyclic) bond motifs is 6. The van der Waals surface area contributed by atoms with Gasteiger partial charge in [0.15, 0.2) is 5.43 Å². The van der Waals surface area contributed by atoms with Crippen LogP contribution in [0.5, 0.6) is 0 Å². The van der Waals surface area contributed by atoms with Crippen molar-refractivity contribution >= 4 is 76.4 Å². The molecule has 0 saturated heterocycles. The number of hydrogen-bond donors (Lipinski definition) is 0. The van der Waals surface area contributed by atoms with E-state index < -0.39 is 0 Å². The van der Waals surface area contributed by atoms with Gasteiger partial charge in [0, 0.05) is 53.3 Å². The van der Waals surface area contributed by atoms with E-state index in [0.29, 0.717) is 0 Å². The Morgan fingerprint density at radius 2 is 0.944 bits per heavy atom. The van der Waals surface area contributed by atoms with Crippen molar-refractivity contribution in [3.8, 4) is 33.6 Å². The summed E-state index contributed by atoms with van der Waals surface area (Å²) in [7, 11) is 0. The minimum atomic E-state index is 0.0627. The van der Waals surface area contributed by atoms with Gasteiger partial charge in [-0.3, -0.25) is 4.79 Å². The molecule has 0 N–H and O–H groups in total. The highest BCUT2D eigenvalue weighted by Crippen LogP contribution is 2.36. The third kappa shape index (κ3) is 4.99. The topological polar surface area (TPSA) is 26.9 Å².